The lowest BCUT2D eigenvalue weighted by atomic mass is 10.0. The molecule has 0 radical (unpaired) electrons. The average Bonchev–Trinajstić information content (AvgIpc) is 3.24. The maximum atomic E-state index is 11.6. The molecule has 0 aliphatic rings. The fourth-order valence-corrected chi connectivity index (χ4v) is 3.55. The van der Waals surface area contributed by atoms with E-state index in [2.05, 4.69) is 0 Å². The number of aliphatic carboxylic acids is 1. The number of aryl methyl sites for hydroxylation is 1. The summed E-state index contributed by atoms with van der Waals surface area (Å²) in [7, 11) is 1.62. The summed E-state index contributed by atoms with van der Waals surface area (Å²) in [5.41, 5.74) is 5.55. The first kappa shape index (κ1) is 21.4. The standard InChI is InChI=1S/C26H21ClN2O3/c1-17-3-5-19(6-4-17)25-16-24(28-29(25)21-11-13-22(32-2)14-12-21)23(15-26(30)31)18-7-9-20(27)10-8-18/h3-16H,1-2H3,(H,30,31)/b23-15-. The monoisotopic (exact) mass is 444 g/mol. The molecule has 6 heteroatoms. The van der Waals surface area contributed by atoms with Gasteiger partial charge in [-0.25, -0.2) is 9.48 Å². The van der Waals surface area contributed by atoms with Crippen molar-refractivity contribution in [2.24, 2.45) is 0 Å². The van der Waals surface area contributed by atoms with Crippen LogP contribution in [0.3, 0.4) is 0 Å². The Morgan fingerprint density at radius 2 is 1.66 bits per heavy atom. The fourth-order valence-electron chi connectivity index (χ4n) is 3.42. The number of hydrogen-bond donors (Lipinski definition) is 1. The Hall–Kier alpha value is -3.83. The van der Waals surface area contributed by atoms with Crippen LogP contribution in [0.4, 0.5) is 0 Å². The van der Waals surface area contributed by atoms with Gasteiger partial charge in [0.2, 0.25) is 0 Å². The normalized spacial score (nSPS) is 11.4. The predicted molar refractivity (Wildman–Crippen MR) is 126 cm³/mol. The summed E-state index contributed by atoms with van der Waals surface area (Å²) < 4.78 is 7.08. The van der Waals surface area contributed by atoms with Crippen molar-refractivity contribution in [3.8, 4) is 22.7 Å². The van der Waals surface area contributed by atoms with Crippen LogP contribution in [-0.4, -0.2) is 28.0 Å². The minimum absolute atomic E-state index is 0.495. The third kappa shape index (κ3) is 4.58. The van der Waals surface area contributed by atoms with Gasteiger partial charge in [-0.1, -0.05) is 53.6 Å². The van der Waals surface area contributed by atoms with E-state index in [1.54, 1.807) is 31.4 Å². The van der Waals surface area contributed by atoms with Gasteiger partial charge < -0.3 is 9.84 Å². The number of carboxylic acids is 1. The summed E-state index contributed by atoms with van der Waals surface area (Å²) in [6.45, 7) is 2.03. The van der Waals surface area contributed by atoms with Crippen LogP contribution in [0.2, 0.25) is 5.02 Å². The molecule has 0 aliphatic heterocycles. The lowest BCUT2D eigenvalue weighted by molar-refractivity contribution is -0.131. The minimum Gasteiger partial charge on any atom is -0.497 e. The van der Waals surface area contributed by atoms with Gasteiger partial charge in [-0.3, -0.25) is 0 Å². The lowest BCUT2D eigenvalue weighted by Crippen LogP contribution is -2.01. The number of halogens is 1. The molecule has 4 rings (SSSR count). The van der Waals surface area contributed by atoms with Crippen molar-refractivity contribution in [3.05, 3.63) is 107 Å². The summed E-state index contributed by atoms with van der Waals surface area (Å²) in [6.07, 6.45) is 1.17. The maximum Gasteiger partial charge on any atom is 0.329 e. The molecule has 0 amide bonds. The molecule has 0 bridgehead atoms. The zero-order valence-electron chi connectivity index (χ0n) is 17.6. The Bertz CT molecular complexity index is 1270. The highest BCUT2D eigenvalue weighted by molar-refractivity contribution is 6.30. The van der Waals surface area contributed by atoms with Gasteiger partial charge in [0.25, 0.3) is 0 Å². The third-order valence-corrected chi connectivity index (χ3v) is 5.32. The van der Waals surface area contributed by atoms with Crippen LogP contribution < -0.4 is 4.74 Å². The predicted octanol–water partition coefficient (Wildman–Crippen LogP) is 6.03. The van der Waals surface area contributed by atoms with E-state index >= 15 is 0 Å². The number of methoxy groups -OCH3 is 1. The molecule has 0 atom stereocenters. The Morgan fingerprint density at radius 1 is 1.00 bits per heavy atom. The van der Waals surface area contributed by atoms with Crippen LogP contribution in [0.1, 0.15) is 16.8 Å². The highest BCUT2D eigenvalue weighted by Gasteiger charge is 2.17. The minimum atomic E-state index is -1.05. The van der Waals surface area contributed by atoms with Gasteiger partial charge in [0.15, 0.2) is 0 Å². The number of nitrogens with zero attached hydrogens (tertiary/aromatic N) is 2. The molecule has 0 spiro atoms. The molecule has 0 fully saturated rings. The molecular weight excluding hydrogens is 424 g/mol. The number of carboxylic acid groups (broad SMARTS) is 1. The zero-order chi connectivity index (χ0) is 22.7. The van der Waals surface area contributed by atoms with E-state index in [1.807, 2.05) is 66.2 Å². The molecule has 0 aliphatic carbocycles. The van der Waals surface area contributed by atoms with Crippen molar-refractivity contribution >= 4 is 23.1 Å². The number of carbonyl (C=O) groups is 1. The quantitative estimate of drug-likeness (QED) is 0.369. The Labute approximate surface area is 191 Å². The summed E-state index contributed by atoms with van der Waals surface area (Å²) in [6, 6.07) is 24.6. The molecule has 160 valence electrons. The number of aromatic nitrogens is 2. The molecule has 0 unspecified atom stereocenters. The van der Waals surface area contributed by atoms with E-state index in [0.717, 1.165) is 28.3 Å². The summed E-state index contributed by atoms with van der Waals surface area (Å²) >= 11 is 6.03. The van der Waals surface area contributed by atoms with Crippen molar-refractivity contribution in [1.82, 2.24) is 9.78 Å². The molecule has 3 aromatic carbocycles. The molecule has 1 N–H and O–H groups in total. The lowest BCUT2D eigenvalue weighted by Gasteiger charge is -2.09. The number of rotatable bonds is 6. The molecule has 32 heavy (non-hydrogen) atoms. The van der Waals surface area contributed by atoms with Gasteiger partial charge >= 0.3 is 5.97 Å². The molecule has 5 nitrogen and oxygen atoms in total. The second-order valence-electron chi connectivity index (χ2n) is 7.29. The van der Waals surface area contributed by atoms with Crippen LogP contribution in [-0.2, 0) is 4.79 Å². The van der Waals surface area contributed by atoms with Gasteiger partial charge in [0.1, 0.15) is 5.75 Å². The van der Waals surface area contributed by atoms with Crippen LogP contribution in [0, 0.1) is 6.92 Å². The van der Waals surface area contributed by atoms with Crippen molar-refractivity contribution in [1.29, 1.82) is 0 Å². The van der Waals surface area contributed by atoms with Crippen LogP contribution in [0.15, 0.2) is 84.9 Å². The summed E-state index contributed by atoms with van der Waals surface area (Å²) in [5.74, 6) is -0.309. The molecule has 1 heterocycles. The SMILES string of the molecule is COc1ccc(-n2nc(/C(=C\C(=O)O)c3ccc(Cl)cc3)cc2-c2ccc(C)cc2)cc1. The smallest absolute Gasteiger partial charge is 0.329 e. The van der Waals surface area contributed by atoms with Crippen molar-refractivity contribution in [2.45, 2.75) is 6.92 Å². The van der Waals surface area contributed by atoms with E-state index in [9.17, 15) is 9.90 Å². The highest BCUT2D eigenvalue weighted by Crippen LogP contribution is 2.31. The van der Waals surface area contributed by atoms with Crippen LogP contribution in [0.5, 0.6) is 5.75 Å². The molecule has 4 aromatic rings. The van der Waals surface area contributed by atoms with E-state index in [0.29, 0.717) is 21.9 Å². The second-order valence-corrected chi connectivity index (χ2v) is 7.73. The number of hydrogen-bond acceptors (Lipinski definition) is 3. The first-order chi connectivity index (χ1) is 15.4. The maximum absolute atomic E-state index is 11.6. The topological polar surface area (TPSA) is 64.4 Å². The van der Waals surface area contributed by atoms with Crippen LogP contribution in [0.25, 0.3) is 22.5 Å². The van der Waals surface area contributed by atoms with Crippen molar-refractivity contribution in [2.75, 3.05) is 7.11 Å². The van der Waals surface area contributed by atoms with Crippen LogP contribution >= 0.6 is 11.6 Å². The Morgan fingerprint density at radius 3 is 2.25 bits per heavy atom. The van der Waals surface area contributed by atoms with Gasteiger partial charge in [-0.15, -0.1) is 0 Å². The molecule has 0 saturated heterocycles. The summed E-state index contributed by atoms with van der Waals surface area (Å²) in [5, 5.41) is 14.9. The third-order valence-electron chi connectivity index (χ3n) is 5.07. The van der Waals surface area contributed by atoms with Crippen molar-refractivity contribution in [3.63, 3.8) is 0 Å². The first-order valence-electron chi connectivity index (χ1n) is 9.97. The molecular formula is C26H21ClN2O3. The van der Waals surface area contributed by atoms with E-state index in [-0.39, 0.29) is 0 Å². The second kappa shape index (κ2) is 9.12. The summed E-state index contributed by atoms with van der Waals surface area (Å²) in [4.78, 5) is 11.6. The van der Waals surface area contributed by atoms with E-state index in [4.69, 9.17) is 21.4 Å². The first-order valence-corrected chi connectivity index (χ1v) is 10.3. The Balaban J connectivity index is 1.91. The van der Waals surface area contributed by atoms with E-state index in [1.165, 1.54) is 6.08 Å². The van der Waals surface area contributed by atoms with Gasteiger partial charge in [-0.2, -0.15) is 5.10 Å². The zero-order valence-corrected chi connectivity index (χ0v) is 18.4. The largest absolute Gasteiger partial charge is 0.497 e. The van der Waals surface area contributed by atoms with Crippen molar-refractivity contribution < 1.29 is 14.6 Å². The Kier molecular flexibility index (Phi) is 6.10. The van der Waals surface area contributed by atoms with Gasteiger partial charge in [0.05, 0.1) is 24.2 Å². The fraction of sp³-hybridized carbons (Fsp3) is 0.0769. The molecule has 0 saturated carbocycles. The average molecular weight is 445 g/mol. The van der Waals surface area contributed by atoms with Gasteiger partial charge in [0, 0.05) is 22.2 Å². The number of ether oxygens (including phenoxy) is 1. The number of benzene rings is 3. The highest BCUT2D eigenvalue weighted by atomic mass is 35.5. The van der Waals surface area contributed by atoms with Gasteiger partial charge in [-0.05, 0) is 55.0 Å². The molecule has 1 aromatic heterocycles. The van der Waals surface area contributed by atoms with E-state index < -0.39 is 5.97 Å².